The van der Waals surface area contributed by atoms with Crippen LogP contribution in [0.2, 0.25) is 10.0 Å². The summed E-state index contributed by atoms with van der Waals surface area (Å²) in [5.41, 5.74) is 3.95. The van der Waals surface area contributed by atoms with Crippen LogP contribution in [0.3, 0.4) is 0 Å². The predicted molar refractivity (Wildman–Crippen MR) is 199 cm³/mol. The van der Waals surface area contributed by atoms with Crippen LogP contribution in [0.25, 0.3) is 11.1 Å². The number of ether oxygens (including phenoxy) is 2. The quantitative estimate of drug-likeness (QED) is 0.0716. The highest BCUT2D eigenvalue weighted by Gasteiger charge is 2.29. The zero-order chi connectivity index (χ0) is 38.9. The summed E-state index contributed by atoms with van der Waals surface area (Å²) < 4.78 is 11.8. The zero-order valence-electron chi connectivity index (χ0n) is 29.0. The largest absolute Gasteiger partial charge is 0.481 e. The number of aliphatic hydroxyl groups excluding tert-OH is 2. The van der Waals surface area contributed by atoms with Gasteiger partial charge in [-0.15, -0.1) is 0 Å². The molecule has 2 aromatic heterocycles. The number of H-pyrrole nitrogens is 1. The van der Waals surface area contributed by atoms with E-state index in [1.807, 2.05) is 24.3 Å². The number of carboxylic acids is 2. The molecule has 8 N–H and O–H groups in total. The van der Waals surface area contributed by atoms with Crippen LogP contribution in [0, 0.1) is 0 Å². The third kappa shape index (κ3) is 10.1. The number of nitrogens with one attached hydrogen (secondary N) is 4. The lowest BCUT2D eigenvalue weighted by atomic mass is 9.95. The highest BCUT2D eigenvalue weighted by molar-refractivity contribution is 6.37. The van der Waals surface area contributed by atoms with Gasteiger partial charge in [-0.25, -0.2) is 0 Å². The third-order valence-electron chi connectivity index (χ3n) is 8.61. The Morgan fingerprint density at radius 2 is 1.59 bits per heavy atom. The standard InChI is InChI=1S/C37H39Cl2N5O10/c1-53-36-19(15-40-17-21(45)13-31(47)48)12-28(38)37(44-36)54-30-11-9-24-23(4-2-5-25(24)30)26-6-3-7-27(33(26)39)34(51)43-29-10-8-20(42-35(29)52)16-41-18-22(46)14-32(49)50/h2-8,10,12,21-22,30,40-41,45-46H,9,11,13-18H2,1H3,(H,42,52)(H,43,51)(H,47,48)(H,49,50)/t21-,22-,30-/m0/s1. The molecule has 4 aromatic rings. The number of carbonyl (C=O) groups excluding carboxylic acids is 1. The van der Waals surface area contributed by atoms with E-state index in [0.717, 1.165) is 16.7 Å². The number of aromatic amines is 1. The molecule has 0 fully saturated rings. The number of aromatic nitrogens is 2. The van der Waals surface area contributed by atoms with Crippen LogP contribution in [-0.4, -0.2) is 80.6 Å². The third-order valence-corrected chi connectivity index (χ3v) is 9.29. The van der Waals surface area contributed by atoms with Gasteiger partial charge in [0.15, 0.2) is 0 Å². The SMILES string of the molecule is COc1nc(O[C@H]2CCc3c(-c4cccc(C(=O)Nc5ccc(CNC[C@@H](O)CC(=O)O)[nH]c5=O)c4Cl)cccc32)c(Cl)cc1CNC[C@@H](O)CC(=O)O. The molecule has 0 saturated carbocycles. The van der Waals surface area contributed by atoms with Gasteiger partial charge in [0.1, 0.15) is 16.8 Å². The molecule has 17 heteroatoms. The summed E-state index contributed by atoms with van der Waals surface area (Å²) in [5.74, 6) is -2.40. The molecule has 1 aliphatic carbocycles. The van der Waals surface area contributed by atoms with Gasteiger partial charge in [0.2, 0.25) is 11.8 Å². The minimum Gasteiger partial charge on any atom is -0.481 e. The Hall–Kier alpha value is -5.03. The maximum Gasteiger partial charge on any atom is 0.306 e. The van der Waals surface area contributed by atoms with Gasteiger partial charge in [0.05, 0.1) is 42.7 Å². The summed E-state index contributed by atoms with van der Waals surface area (Å²) in [7, 11) is 1.45. The molecule has 3 atom stereocenters. The van der Waals surface area contributed by atoms with E-state index in [9.17, 15) is 29.4 Å². The lowest BCUT2D eigenvalue weighted by Gasteiger charge is -2.18. The lowest BCUT2D eigenvalue weighted by molar-refractivity contribution is -0.140. The number of anilines is 1. The van der Waals surface area contributed by atoms with Crippen molar-refractivity contribution < 1.29 is 44.3 Å². The van der Waals surface area contributed by atoms with E-state index in [0.29, 0.717) is 29.7 Å². The van der Waals surface area contributed by atoms with Crippen LogP contribution in [0.1, 0.15) is 58.1 Å². The average molecular weight is 785 g/mol. The van der Waals surface area contributed by atoms with Gasteiger partial charge < -0.3 is 50.8 Å². The molecule has 0 spiro atoms. The second-order valence-electron chi connectivity index (χ2n) is 12.6. The molecular weight excluding hydrogens is 745 g/mol. The van der Waals surface area contributed by atoms with Crippen molar-refractivity contribution in [3.8, 4) is 22.9 Å². The minimum atomic E-state index is -1.12. The maximum atomic E-state index is 13.4. The smallest absolute Gasteiger partial charge is 0.306 e. The highest BCUT2D eigenvalue weighted by Crippen LogP contribution is 2.43. The van der Waals surface area contributed by atoms with Crippen molar-refractivity contribution in [3.63, 3.8) is 0 Å². The number of hydrogen-bond donors (Lipinski definition) is 8. The van der Waals surface area contributed by atoms with E-state index in [2.05, 4.69) is 25.9 Å². The fraction of sp³-hybridized carbons (Fsp3) is 0.324. The Labute approximate surface area is 319 Å². The van der Waals surface area contributed by atoms with Crippen molar-refractivity contribution in [1.29, 1.82) is 0 Å². The molecular formula is C37H39Cl2N5O10. The Balaban J connectivity index is 1.27. The van der Waals surface area contributed by atoms with E-state index in [-0.39, 0.29) is 65.7 Å². The van der Waals surface area contributed by atoms with Gasteiger partial charge in [0.25, 0.3) is 11.5 Å². The predicted octanol–water partition coefficient (Wildman–Crippen LogP) is 3.92. The number of halogens is 2. The van der Waals surface area contributed by atoms with Crippen molar-refractivity contribution in [2.45, 2.75) is 57.1 Å². The van der Waals surface area contributed by atoms with Crippen molar-refractivity contribution in [2.75, 3.05) is 25.5 Å². The number of aliphatic hydroxyl groups is 2. The van der Waals surface area contributed by atoms with Gasteiger partial charge in [0, 0.05) is 43.0 Å². The molecule has 54 heavy (non-hydrogen) atoms. The van der Waals surface area contributed by atoms with Gasteiger partial charge in [-0.05, 0) is 53.8 Å². The molecule has 286 valence electrons. The molecule has 0 unspecified atom stereocenters. The average Bonchev–Trinajstić information content (AvgIpc) is 3.52. The molecule has 2 heterocycles. The first-order chi connectivity index (χ1) is 25.8. The highest BCUT2D eigenvalue weighted by atomic mass is 35.5. The number of fused-ring (bicyclic) bond motifs is 1. The number of pyridine rings is 2. The number of hydrogen-bond acceptors (Lipinski definition) is 11. The van der Waals surface area contributed by atoms with Crippen molar-refractivity contribution >= 4 is 46.7 Å². The number of carbonyl (C=O) groups is 3. The molecule has 0 aliphatic heterocycles. The van der Waals surface area contributed by atoms with Crippen LogP contribution in [0.4, 0.5) is 5.69 Å². The first-order valence-electron chi connectivity index (χ1n) is 16.9. The van der Waals surface area contributed by atoms with Gasteiger partial charge in [-0.1, -0.05) is 53.5 Å². The maximum absolute atomic E-state index is 13.4. The summed E-state index contributed by atoms with van der Waals surface area (Å²) in [6.45, 7) is 0.436. The molecule has 0 radical (unpaired) electrons. The lowest BCUT2D eigenvalue weighted by Crippen LogP contribution is -2.29. The molecule has 0 bridgehead atoms. The summed E-state index contributed by atoms with van der Waals surface area (Å²) in [4.78, 5) is 54.8. The summed E-state index contributed by atoms with van der Waals surface area (Å²) >= 11 is 13.5. The van der Waals surface area contributed by atoms with E-state index in [1.165, 1.54) is 13.2 Å². The number of amides is 1. The van der Waals surface area contributed by atoms with Crippen LogP contribution < -0.4 is 31.0 Å². The monoisotopic (exact) mass is 783 g/mol. The number of rotatable bonds is 18. The fourth-order valence-corrected chi connectivity index (χ4v) is 6.65. The summed E-state index contributed by atoms with van der Waals surface area (Å²) in [6, 6.07) is 15.5. The summed E-state index contributed by atoms with van der Waals surface area (Å²) in [6.07, 6.45) is -2.11. The molecule has 0 saturated heterocycles. The van der Waals surface area contributed by atoms with E-state index < -0.39 is 48.1 Å². The van der Waals surface area contributed by atoms with Crippen LogP contribution in [0.5, 0.6) is 11.8 Å². The first kappa shape index (κ1) is 40.2. The zero-order valence-corrected chi connectivity index (χ0v) is 30.5. The van der Waals surface area contributed by atoms with Crippen molar-refractivity contribution in [1.82, 2.24) is 20.6 Å². The van der Waals surface area contributed by atoms with Gasteiger partial charge in [-0.2, -0.15) is 4.98 Å². The van der Waals surface area contributed by atoms with Crippen LogP contribution in [0.15, 0.2) is 59.4 Å². The van der Waals surface area contributed by atoms with Crippen molar-refractivity contribution in [3.05, 3.63) is 103 Å². The number of nitrogens with zero attached hydrogens (tertiary/aromatic N) is 1. The molecule has 2 aromatic carbocycles. The number of benzene rings is 2. The number of methoxy groups -OCH3 is 1. The van der Waals surface area contributed by atoms with E-state index in [4.69, 9.17) is 42.9 Å². The Morgan fingerprint density at radius 1 is 0.926 bits per heavy atom. The van der Waals surface area contributed by atoms with Crippen molar-refractivity contribution in [2.24, 2.45) is 0 Å². The van der Waals surface area contributed by atoms with Gasteiger partial charge >= 0.3 is 11.9 Å². The van der Waals surface area contributed by atoms with E-state index >= 15 is 0 Å². The molecule has 5 rings (SSSR count). The Bertz CT molecular complexity index is 2080. The van der Waals surface area contributed by atoms with Gasteiger partial charge in [-0.3, -0.25) is 19.2 Å². The Morgan fingerprint density at radius 3 is 2.26 bits per heavy atom. The first-order valence-corrected chi connectivity index (χ1v) is 17.7. The van der Waals surface area contributed by atoms with Crippen LogP contribution >= 0.6 is 23.2 Å². The Kier molecular flexibility index (Phi) is 13.6. The molecule has 1 aliphatic rings. The summed E-state index contributed by atoms with van der Waals surface area (Å²) in [5, 5.41) is 46.1. The van der Waals surface area contributed by atoms with Crippen LogP contribution in [-0.2, 0) is 29.1 Å². The minimum absolute atomic E-state index is 0.000501. The fourth-order valence-electron chi connectivity index (χ4n) is 6.12. The van der Waals surface area contributed by atoms with E-state index in [1.54, 1.807) is 24.3 Å². The number of carboxylic acid groups (broad SMARTS) is 2. The topological polar surface area (TPSA) is 232 Å². The second-order valence-corrected chi connectivity index (χ2v) is 13.4. The second kappa shape index (κ2) is 18.3. The number of aliphatic carboxylic acids is 2. The molecule has 1 amide bonds. The molecule has 15 nitrogen and oxygen atoms in total. The normalized spacial score (nSPS) is 14.6.